The molecule has 3 rings (SSSR count). The van der Waals surface area contributed by atoms with E-state index in [9.17, 15) is 22.8 Å². The van der Waals surface area contributed by atoms with Gasteiger partial charge in [-0.1, -0.05) is 42.5 Å². The number of carbonyl (C=O) groups excluding carboxylic acids is 3. The Morgan fingerprint density at radius 2 is 1.71 bits per heavy atom. The first-order chi connectivity index (χ1) is 16.2. The molecule has 1 amide bonds. The van der Waals surface area contributed by atoms with Gasteiger partial charge in [0.2, 0.25) is 0 Å². The van der Waals surface area contributed by atoms with Crippen LogP contribution in [-0.2, 0) is 31.4 Å². The second kappa shape index (κ2) is 10.9. The Bertz CT molecular complexity index is 1280. The smallest absolute Gasteiger partial charge is 0.307 e. The van der Waals surface area contributed by atoms with E-state index in [1.54, 1.807) is 73.1 Å². The van der Waals surface area contributed by atoms with Gasteiger partial charge in [-0.15, -0.1) is 0 Å². The molecule has 3 aromatic rings. The maximum Gasteiger partial charge on any atom is 0.307 e. The third kappa shape index (κ3) is 6.36. The lowest BCUT2D eigenvalue weighted by Gasteiger charge is -2.11. The molecule has 2 N–H and O–H groups in total. The van der Waals surface area contributed by atoms with Gasteiger partial charge in [0.25, 0.3) is 15.9 Å². The number of hydrogen-bond donors (Lipinski definition) is 2. The molecule has 0 saturated carbocycles. The molecule has 34 heavy (non-hydrogen) atoms. The minimum atomic E-state index is -3.87. The summed E-state index contributed by atoms with van der Waals surface area (Å²) in [7, 11) is -2.20. The third-order valence-electron chi connectivity index (χ3n) is 4.83. The molecular formula is C23H24N4O6S. The highest BCUT2D eigenvalue weighted by atomic mass is 32.2. The fraction of sp³-hybridized carbons (Fsp3) is 0.217. The van der Waals surface area contributed by atoms with E-state index < -0.39 is 28.5 Å². The lowest BCUT2D eigenvalue weighted by Crippen LogP contribution is -2.28. The summed E-state index contributed by atoms with van der Waals surface area (Å²) in [5, 5.41) is 2.42. The van der Waals surface area contributed by atoms with Crippen LogP contribution in [0, 0.1) is 6.92 Å². The Hall–Kier alpha value is -3.83. The standard InChI is InChI=1S/C23H24N4O6S/c1-16-25-21(14-27(16)2)34(31,32)24-13-12-22(29)33-15-20(28)26-19-11-7-6-10-18(19)23(30)17-8-4-3-5-9-17/h3-11,14,24H,12-13,15H2,1-2H3,(H,26,28). The van der Waals surface area contributed by atoms with Crippen molar-refractivity contribution in [2.75, 3.05) is 18.5 Å². The molecule has 0 aliphatic carbocycles. The Labute approximate surface area is 197 Å². The molecular weight excluding hydrogens is 460 g/mol. The number of amides is 1. The first-order valence-corrected chi connectivity index (χ1v) is 11.8. The lowest BCUT2D eigenvalue weighted by molar-refractivity contribution is -0.147. The largest absolute Gasteiger partial charge is 0.456 e. The summed E-state index contributed by atoms with van der Waals surface area (Å²) >= 11 is 0. The van der Waals surface area contributed by atoms with Crippen LogP contribution in [-0.4, -0.2) is 48.8 Å². The predicted octanol–water partition coefficient (Wildman–Crippen LogP) is 1.81. The van der Waals surface area contributed by atoms with E-state index in [4.69, 9.17) is 4.74 Å². The number of para-hydroxylation sites is 1. The molecule has 0 fully saturated rings. The molecule has 10 nitrogen and oxygen atoms in total. The van der Waals surface area contributed by atoms with Gasteiger partial charge in [0.1, 0.15) is 5.82 Å². The average molecular weight is 485 g/mol. The van der Waals surface area contributed by atoms with Crippen molar-refractivity contribution >= 4 is 33.4 Å². The zero-order chi connectivity index (χ0) is 24.7. The fourth-order valence-electron chi connectivity index (χ4n) is 2.96. The molecule has 0 radical (unpaired) electrons. The highest BCUT2D eigenvalue weighted by molar-refractivity contribution is 7.89. The van der Waals surface area contributed by atoms with E-state index in [1.165, 1.54) is 6.20 Å². The summed E-state index contributed by atoms with van der Waals surface area (Å²) in [5.74, 6) is -1.13. The first kappa shape index (κ1) is 24.8. The molecule has 2 aromatic carbocycles. The molecule has 0 atom stereocenters. The Kier molecular flexibility index (Phi) is 7.92. The van der Waals surface area contributed by atoms with E-state index in [1.807, 2.05) is 0 Å². The normalized spacial score (nSPS) is 11.1. The molecule has 1 heterocycles. The van der Waals surface area contributed by atoms with Crippen molar-refractivity contribution in [1.82, 2.24) is 14.3 Å². The zero-order valence-corrected chi connectivity index (χ0v) is 19.5. The molecule has 0 spiro atoms. The number of ketones is 1. The SMILES string of the molecule is Cc1nc(S(=O)(=O)NCCC(=O)OCC(=O)Nc2ccccc2C(=O)c2ccccc2)cn1C. The minimum Gasteiger partial charge on any atom is -0.456 e. The van der Waals surface area contributed by atoms with Gasteiger partial charge >= 0.3 is 5.97 Å². The van der Waals surface area contributed by atoms with Gasteiger partial charge < -0.3 is 14.6 Å². The molecule has 178 valence electrons. The van der Waals surface area contributed by atoms with Gasteiger partial charge in [0.15, 0.2) is 17.4 Å². The van der Waals surface area contributed by atoms with Crippen LogP contribution in [0.4, 0.5) is 5.69 Å². The molecule has 0 aliphatic heterocycles. The van der Waals surface area contributed by atoms with Crippen molar-refractivity contribution in [3.8, 4) is 0 Å². The second-order valence-electron chi connectivity index (χ2n) is 7.33. The van der Waals surface area contributed by atoms with Crippen LogP contribution in [0.25, 0.3) is 0 Å². The van der Waals surface area contributed by atoms with E-state index in [0.29, 0.717) is 17.0 Å². The van der Waals surface area contributed by atoms with E-state index in [0.717, 1.165) is 0 Å². The number of aromatic nitrogens is 2. The van der Waals surface area contributed by atoms with Crippen LogP contribution >= 0.6 is 0 Å². The first-order valence-electron chi connectivity index (χ1n) is 10.3. The average Bonchev–Trinajstić information content (AvgIpc) is 3.17. The maximum absolute atomic E-state index is 12.7. The monoisotopic (exact) mass is 484 g/mol. The third-order valence-corrected chi connectivity index (χ3v) is 6.16. The van der Waals surface area contributed by atoms with Crippen molar-refractivity contribution in [3.63, 3.8) is 0 Å². The number of carbonyl (C=O) groups is 3. The molecule has 0 unspecified atom stereocenters. The van der Waals surface area contributed by atoms with E-state index in [-0.39, 0.29) is 29.5 Å². The number of anilines is 1. The van der Waals surface area contributed by atoms with Gasteiger partial charge in [0, 0.05) is 30.9 Å². The molecule has 11 heteroatoms. The van der Waals surface area contributed by atoms with Crippen molar-refractivity contribution in [1.29, 1.82) is 0 Å². The number of imidazole rings is 1. The summed E-state index contributed by atoms with van der Waals surface area (Å²) in [6.07, 6.45) is 1.09. The number of sulfonamides is 1. The van der Waals surface area contributed by atoms with Crippen LogP contribution in [0.15, 0.2) is 65.8 Å². The summed E-state index contributed by atoms with van der Waals surface area (Å²) in [6, 6.07) is 15.1. The Balaban J connectivity index is 1.49. The van der Waals surface area contributed by atoms with Crippen molar-refractivity contribution in [2.45, 2.75) is 18.4 Å². The number of hydrogen-bond acceptors (Lipinski definition) is 7. The Morgan fingerprint density at radius 3 is 2.38 bits per heavy atom. The summed E-state index contributed by atoms with van der Waals surface area (Å²) < 4.78 is 33.2. The number of nitrogens with one attached hydrogen (secondary N) is 2. The molecule has 0 aliphatic rings. The topological polar surface area (TPSA) is 136 Å². The van der Waals surface area contributed by atoms with Crippen molar-refractivity contribution < 1.29 is 27.5 Å². The van der Waals surface area contributed by atoms with Gasteiger partial charge in [-0.2, -0.15) is 0 Å². The van der Waals surface area contributed by atoms with Gasteiger partial charge in [-0.3, -0.25) is 14.4 Å². The predicted molar refractivity (Wildman–Crippen MR) is 124 cm³/mol. The molecule has 1 aromatic heterocycles. The summed E-state index contributed by atoms with van der Waals surface area (Å²) in [5.41, 5.74) is 1.06. The minimum absolute atomic E-state index is 0.149. The molecule has 0 bridgehead atoms. The summed E-state index contributed by atoms with van der Waals surface area (Å²) in [6.45, 7) is 0.864. The molecule has 0 saturated heterocycles. The van der Waals surface area contributed by atoms with Gasteiger partial charge in [-0.25, -0.2) is 18.1 Å². The van der Waals surface area contributed by atoms with Crippen molar-refractivity contribution in [3.05, 3.63) is 77.7 Å². The van der Waals surface area contributed by atoms with Crippen LogP contribution in [0.1, 0.15) is 28.2 Å². The number of nitrogens with zero attached hydrogens (tertiary/aromatic N) is 2. The van der Waals surface area contributed by atoms with Crippen molar-refractivity contribution in [2.24, 2.45) is 7.05 Å². The van der Waals surface area contributed by atoms with Crippen LogP contribution in [0.3, 0.4) is 0 Å². The number of esters is 1. The summed E-state index contributed by atoms with van der Waals surface area (Å²) in [4.78, 5) is 40.9. The Morgan fingerprint density at radius 1 is 1.03 bits per heavy atom. The van der Waals surface area contributed by atoms with Gasteiger partial charge in [-0.05, 0) is 19.1 Å². The number of ether oxygens (including phenoxy) is 1. The zero-order valence-electron chi connectivity index (χ0n) is 18.6. The number of rotatable bonds is 10. The van der Waals surface area contributed by atoms with Crippen LogP contribution in [0.5, 0.6) is 0 Å². The maximum atomic E-state index is 12.7. The van der Waals surface area contributed by atoms with E-state index >= 15 is 0 Å². The number of benzene rings is 2. The second-order valence-corrected chi connectivity index (χ2v) is 9.05. The van der Waals surface area contributed by atoms with Gasteiger partial charge in [0.05, 0.1) is 12.1 Å². The fourth-order valence-corrected chi connectivity index (χ4v) is 4.02. The highest BCUT2D eigenvalue weighted by Gasteiger charge is 2.19. The van der Waals surface area contributed by atoms with Crippen LogP contribution in [0.2, 0.25) is 0 Å². The quantitative estimate of drug-likeness (QED) is 0.331. The highest BCUT2D eigenvalue weighted by Crippen LogP contribution is 2.19. The van der Waals surface area contributed by atoms with Crippen LogP contribution < -0.4 is 10.0 Å². The van der Waals surface area contributed by atoms with E-state index in [2.05, 4.69) is 15.0 Å². The number of aryl methyl sites for hydroxylation is 2. The lowest BCUT2D eigenvalue weighted by atomic mass is 10.0.